The minimum absolute atomic E-state index is 0.598. The Morgan fingerprint density at radius 3 is 0.726 bits per heavy atom. The van der Waals surface area contributed by atoms with Crippen LogP contribution in [-0.2, 0) is 10.8 Å². The van der Waals surface area contributed by atoms with Gasteiger partial charge in [-0.05, 0) is 246 Å². The Morgan fingerprint density at radius 1 is 0.144 bits per heavy atom. The van der Waals surface area contributed by atoms with Crippen molar-refractivity contribution in [3.8, 4) is 89.3 Å². The van der Waals surface area contributed by atoms with E-state index in [4.69, 9.17) is 0 Å². The van der Waals surface area contributed by atoms with Crippen molar-refractivity contribution in [2.24, 2.45) is 0 Å². The quantitative estimate of drug-likeness (QED) is 0.102. The number of anilines is 12. The number of hydrogen-bond acceptors (Lipinski definition) is 4. The molecule has 0 N–H and O–H groups in total. The molecular weight excluding hydrogens is 1770 g/mol. The van der Waals surface area contributed by atoms with Crippen molar-refractivity contribution in [1.29, 1.82) is 0 Å². The highest BCUT2D eigenvalue weighted by molar-refractivity contribution is 6.12. The second kappa shape index (κ2) is 35.0. The van der Waals surface area contributed by atoms with Crippen LogP contribution in [0.2, 0.25) is 0 Å². The molecule has 2 aromatic heterocycles. The molecule has 2 aliphatic carbocycles. The number of benzene rings is 23. The molecule has 0 bridgehead atoms. The normalized spacial score (nSPS) is 12.9. The van der Waals surface area contributed by atoms with E-state index in [0.717, 1.165) is 90.3 Å². The van der Waals surface area contributed by atoms with E-state index in [1.165, 1.54) is 155 Å². The average molecular weight is 1860 g/mol. The van der Waals surface area contributed by atoms with E-state index < -0.39 is 10.8 Å². The second-order valence-electron chi connectivity index (χ2n) is 38.3. The van der Waals surface area contributed by atoms with Gasteiger partial charge in [0.05, 0.1) is 78.4 Å². The maximum absolute atomic E-state index is 2.52. The van der Waals surface area contributed by atoms with Crippen molar-refractivity contribution in [2.75, 3.05) is 19.6 Å². The van der Waals surface area contributed by atoms with Gasteiger partial charge in [0.25, 0.3) is 0 Å². The van der Waals surface area contributed by atoms with Crippen molar-refractivity contribution < 1.29 is 0 Å². The second-order valence-corrected chi connectivity index (χ2v) is 38.3. The SMILES string of the molecule is c1ccc(-c2ccc(-c3ccccc3N(c3ccc(-c4ccc(-n5c6ccccc6c6ccccc65)cc4)cc3)c3cccc4c3-c3ccccc3C43c4ccccc4N(c4ccccc4)c4ccccc43)cc2)cc1.c1ccc(-c2ccc(-c3ccccc3N(c3ccc(-n4c5ccccc5c5ccccc54)cc3)c3cccc4c3-c3ccccc3C43c4ccccc4N(c4ccccc4)c4ccccc43)cc2)cc1. The maximum atomic E-state index is 2.52. The molecule has 25 aromatic rings. The van der Waals surface area contributed by atoms with Gasteiger partial charge in [0.1, 0.15) is 0 Å². The van der Waals surface area contributed by atoms with Gasteiger partial charge in [-0.3, -0.25) is 0 Å². The average Bonchev–Trinajstić information content (AvgIpc) is 1.50. The highest BCUT2D eigenvalue weighted by Gasteiger charge is 2.55. The standard InChI is InChI=1S/C73H49N3.C67H45N3/c1-3-20-50(21-4-1)51-38-40-54(41-39-51)58-24-8-14-32-66(58)75(57-48-44-53(45-49-57)52-42-46-56(47-43-52)74-67-33-15-9-25-59(67)60-26-10-16-34-68(60)74)71-37-19-31-65-72(71)61-27-7-11-28-62(61)73(65)63-29-12-17-35-69(63)76(55-22-5-2-6-23-55)70-36-18-13-30-64(70)73;1-3-20-46(21-4-1)47-38-40-48(41-39-47)52-24-8-14-32-60(52)69(51-44-42-50(43-45-51)68-61-33-15-9-25-53(61)54-26-10-16-34-62(54)68)65-37-19-31-59-66(65)55-27-7-11-28-56(55)67(59)57-29-12-17-35-63(57)70(49-22-5-2-6-23-49)64-36-18-13-30-58(64)67/h1-49H;1-45H. The first kappa shape index (κ1) is 84.9. The Bertz CT molecular complexity index is 9150. The Balaban J connectivity index is 0.000000142. The first-order valence-electron chi connectivity index (χ1n) is 50.4. The molecule has 2 spiro atoms. The zero-order chi connectivity index (χ0) is 96.3. The first-order valence-corrected chi connectivity index (χ1v) is 50.4. The van der Waals surface area contributed by atoms with E-state index in [1.54, 1.807) is 0 Å². The number of aromatic nitrogens is 2. The lowest BCUT2D eigenvalue weighted by Gasteiger charge is -2.45. The summed E-state index contributed by atoms with van der Waals surface area (Å²) in [6, 6.07) is 210. The fourth-order valence-corrected chi connectivity index (χ4v) is 24.7. The molecule has 146 heavy (non-hydrogen) atoms. The minimum atomic E-state index is -0.603. The zero-order valence-electron chi connectivity index (χ0n) is 80.0. The largest absolute Gasteiger partial charge is 0.310 e. The summed E-state index contributed by atoms with van der Waals surface area (Å²) in [6.45, 7) is 0. The monoisotopic (exact) mass is 1860 g/mol. The van der Waals surface area contributed by atoms with Gasteiger partial charge in [-0.25, -0.2) is 0 Å². The third-order valence-corrected chi connectivity index (χ3v) is 30.8. The molecule has 0 unspecified atom stereocenters. The fourth-order valence-electron chi connectivity index (χ4n) is 24.7. The lowest BCUT2D eigenvalue weighted by atomic mass is 9.64. The number of nitrogens with zero attached hydrogens (tertiary/aromatic N) is 6. The topological polar surface area (TPSA) is 22.8 Å². The van der Waals surface area contributed by atoms with Crippen LogP contribution in [0.1, 0.15) is 44.5 Å². The molecule has 0 saturated heterocycles. The summed E-state index contributed by atoms with van der Waals surface area (Å²) in [7, 11) is 0. The first-order chi connectivity index (χ1) is 72.5. The highest BCUT2D eigenvalue weighted by Crippen LogP contribution is 2.68. The molecule has 0 saturated carbocycles. The van der Waals surface area contributed by atoms with Gasteiger partial charge in [-0.15, -0.1) is 0 Å². The van der Waals surface area contributed by atoms with Crippen LogP contribution in [0.4, 0.5) is 68.2 Å². The summed E-state index contributed by atoms with van der Waals surface area (Å²) in [4.78, 5) is 9.93. The van der Waals surface area contributed by atoms with Crippen molar-refractivity contribution in [2.45, 2.75) is 10.8 Å². The summed E-state index contributed by atoms with van der Waals surface area (Å²) in [5.74, 6) is 0. The van der Waals surface area contributed by atoms with Crippen LogP contribution in [0.5, 0.6) is 0 Å². The molecule has 4 aliphatic rings. The van der Waals surface area contributed by atoms with Crippen LogP contribution in [0.15, 0.2) is 570 Å². The summed E-state index contributed by atoms with van der Waals surface area (Å²) >= 11 is 0. The summed E-state index contributed by atoms with van der Waals surface area (Å²) in [5, 5.41) is 5.03. The van der Waals surface area contributed by atoms with Crippen molar-refractivity contribution >= 4 is 112 Å². The fraction of sp³-hybridized carbons (Fsp3) is 0.0143. The molecule has 29 rings (SSSR count). The summed E-state index contributed by atoms with van der Waals surface area (Å²) in [5.41, 5.74) is 46.3. The van der Waals surface area contributed by atoms with Crippen LogP contribution in [0.25, 0.3) is 133 Å². The smallest absolute Gasteiger partial charge is 0.0755 e. The molecule has 2 aliphatic heterocycles. The molecule has 6 nitrogen and oxygen atoms in total. The predicted octanol–water partition coefficient (Wildman–Crippen LogP) is 37.1. The molecule has 23 aromatic carbocycles. The molecule has 0 fully saturated rings. The van der Waals surface area contributed by atoms with Crippen LogP contribution in [-0.4, -0.2) is 9.13 Å². The molecule has 684 valence electrons. The van der Waals surface area contributed by atoms with Crippen LogP contribution >= 0.6 is 0 Å². The minimum Gasteiger partial charge on any atom is -0.310 e. The Morgan fingerprint density at radius 2 is 0.377 bits per heavy atom. The highest BCUT2D eigenvalue weighted by atomic mass is 15.2. The summed E-state index contributed by atoms with van der Waals surface area (Å²) in [6.07, 6.45) is 0. The van der Waals surface area contributed by atoms with Crippen molar-refractivity contribution in [3.63, 3.8) is 0 Å². The van der Waals surface area contributed by atoms with E-state index in [2.05, 4.69) is 599 Å². The molecule has 0 radical (unpaired) electrons. The number of para-hydroxylation sites is 12. The van der Waals surface area contributed by atoms with E-state index in [9.17, 15) is 0 Å². The Kier molecular flexibility index (Phi) is 20.3. The Hall–Kier alpha value is -19.1. The molecular formula is C140H94N6. The van der Waals surface area contributed by atoms with Gasteiger partial charge in [-0.1, -0.05) is 425 Å². The van der Waals surface area contributed by atoms with Crippen LogP contribution in [0, 0.1) is 0 Å². The van der Waals surface area contributed by atoms with Crippen molar-refractivity contribution in [3.05, 3.63) is 615 Å². The van der Waals surface area contributed by atoms with Gasteiger partial charge < -0.3 is 28.7 Å². The third-order valence-electron chi connectivity index (χ3n) is 30.8. The van der Waals surface area contributed by atoms with E-state index >= 15 is 0 Å². The number of hydrogen-bond donors (Lipinski definition) is 0. The van der Waals surface area contributed by atoms with E-state index in [0.29, 0.717) is 0 Å². The lowest BCUT2D eigenvalue weighted by Crippen LogP contribution is -2.36. The van der Waals surface area contributed by atoms with E-state index in [-0.39, 0.29) is 0 Å². The molecule has 6 heteroatoms. The van der Waals surface area contributed by atoms with Crippen molar-refractivity contribution in [1.82, 2.24) is 9.13 Å². The van der Waals surface area contributed by atoms with Gasteiger partial charge >= 0.3 is 0 Å². The predicted molar refractivity (Wildman–Crippen MR) is 609 cm³/mol. The number of rotatable bonds is 15. The van der Waals surface area contributed by atoms with Gasteiger partial charge in [0.15, 0.2) is 0 Å². The molecule has 0 atom stereocenters. The summed E-state index contributed by atoms with van der Waals surface area (Å²) < 4.78 is 4.78. The van der Waals surface area contributed by atoms with Gasteiger partial charge in [-0.2, -0.15) is 0 Å². The maximum Gasteiger partial charge on any atom is 0.0755 e. The molecule has 4 heterocycles. The number of fused-ring (bicyclic) bond motifs is 24. The lowest BCUT2D eigenvalue weighted by molar-refractivity contribution is 0.752. The van der Waals surface area contributed by atoms with Gasteiger partial charge in [0.2, 0.25) is 0 Å². The third kappa shape index (κ3) is 13.3. The van der Waals surface area contributed by atoms with E-state index in [1.807, 2.05) is 0 Å². The van der Waals surface area contributed by atoms with Crippen LogP contribution in [0.3, 0.4) is 0 Å². The Labute approximate surface area is 849 Å². The zero-order valence-corrected chi connectivity index (χ0v) is 80.0. The molecule has 0 amide bonds. The van der Waals surface area contributed by atoms with Crippen LogP contribution < -0.4 is 19.6 Å². The van der Waals surface area contributed by atoms with Gasteiger partial charge in [0, 0.05) is 77.9 Å².